The monoisotopic (exact) mass is 374 g/mol. The molecule has 1 aromatic carbocycles. The summed E-state index contributed by atoms with van der Waals surface area (Å²) in [6.07, 6.45) is 5.42. The molecule has 6 nitrogen and oxygen atoms in total. The van der Waals surface area contributed by atoms with Crippen LogP contribution in [0.5, 0.6) is 5.75 Å². The summed E-state index contributed by atoms with van der Waals surface area (Å²) in [5, 5.41) is 5.49. The van der Waals surface area contributed by atoms with E-state index < -0.39 is 12.0 Å². The number of para-hydroxylation sites is 1. The molecule has 2 N–H and O–H groups in total. The lowest BCUT2D eigenvalue weighted by atomic mass is 9.95. The molecule has 0 aromatic heterocycles. The van der Waals surface area contributed by atoms with Crippen LogP contribution in [0.3, 0.4) is 0 Å². The maximum Gasteiger partial charge on any atom is 0.338 e. The molecule has 0 fully saturated rings. The molecule has 2 amide bonds. The number of esters is 1. The van der Waals surface area contributed by atoms with Gasteiger partial charge in [-0.05, 0) is 26.3 Å². The van der Waals surface area contributed by atoms with E-state index in [-0.39, 0.29) is 6.03 Å². The summed E-state index contributed by atoms with van der Waals surface area (Å²) >= 11 is 0. The van der Waals surface area contributed by atoms with Crippen molar-refractivity contribution in [2.75, 3.05) is 13.2 Å². The highest BCUT2D eigenvalue weighted by Gasteiger charge is 2.33. The Morgan fingerprint density at radius 2 is 1.85 bits per heavy atom. The second kappa shape index (κ2) is 10.6. The molecule has 1 aromatic rings. The Balaban J connectivity index is 2.15. The van der Waals surface area contributed by atoms with Gasteiger partial charge >= 0.3 is 12.0 Å². The molecule has 1 aliphatic rings. The highest BCUT2D eigenvalue weighted by molar-refractivity contribution is 5.95. The van der Waals surface area contributed by atoms with Crippen LogP contribution < -0.4 is 15.4 Å². The van der Waals surface area contributed by atoms with Gasteiger partial charge in [-0.3, -0.25) is 0 Å². The Morgan fingerprint density at radius 1 is 1.11 bits per heavy atom. The zero-order valence-corrected chi connectivity index (χ0v) is 16.5. The molecule has 2 rings (SSSR count). The average molecular weight is 374 g/mol. The maximum absolute atomic E-state index is 12.7. The van der Waals surface area contributed by atoms with E-state index in [0.717, 1.165) is 24.8 Å². The van der Waals surface area contributed by atoms with Crippen molar-refractivity contribution in [1.29, 1.82) is 0 Å². The van der Waals surface area contributed by atoms with E-state index in [2.05, 4.69) is 17.6 Å². The van der Waals surface area contributed by atoms with Crippen molar-refractivity contribution in [2.24, 2.45) is 0 Å². The summed E-state index contributed by atoms with van der Waals surface area (Å²) in [5.41, 5.74) is 1.66. The Labute approximate surface area is 161 Å². The highest BCUT2D eigenvalue weighted by Crippen LogP contribution is 2.33. The Kier molecular flexibility index (Phi) is 8.17. The summed E-state index contributed by atoms with van der Waals surface area (Å²) in [7, 11) is 0. The van der Waals surface area contributed by atoms with Gasteiger partial charge in [0.15, 0.2) is 0 Å². The van der Waals surface area contributed by atoms with Crippen LogP contribution >= 0.6 is 0 Å². The SMILES string of the molecule is CCCCCCCOC(=O)C1=C(C)NC(=O)NC1c1ccccc1OCC. The number of benzene rings is 1. The molecular formula is C21H30N2O4. The fourth-order valence-corrected chi connectivity index (χ4v) is 3.15. The third-order valence-corrected chi connectivity index (χ3v) is 4.50. The van der Waals surface area contributed by atoms with Gasteiger partial charge < -0.3 is 20.1 Å². The van der Waals surface area contributed by atoms with Crippen LogP contribution in [0, 0.1) is 0 Å². The smallest absolute Gasteiger partial charge is 0.338 e. The van der Waals surface area contributed by atoms with E-state index >= 15 is 0 Å². The maximum atomic E-state index is 12.7. The van der Waals surface area contributed by atoms with Crippen LogP contribution in [0.15, 0.2) is 35.5 Å². The number of nitrogens with one attached hydrogen (secondary N) is 2. The number of carbonyl (C=O) groups excluding carboxylic acids is 2. The van der Waals surface area contributed by atoms with Gasteiger partial charge in [0.2, 0.25) is 0 Å². The number of hydrogen-bond acceptors (Lipinski definition) is 4. The van der Waals surface area contributed by atoms with Gasteiger partial charge in [0.25, 0.3) is 0 Å². The summed E-state index contributed by atoms with van der Waals surface area (Å²) < 4.78 is 11.2. The van der Waals surface area contributed by atoms with E-state index in [9.17, 15) is 9.59 Å². The minimum Gasteiger partial charge on any atom is -0.494 e. The number of unbranched alkanes of at least 4 members (excludes halogenated alkanes) is 4. The first-order valence-corrected chi connectivity index (χ1v) is 9.75. The standard InChI is InChI=1S/C21H30N2O4/c1-4-6-7-8-11-14-27-20(24)18-15(3)22-21(25)23-19(18)16-12-9-10-13-17(16)26-5-2/h9-10,12-13,19H,4-8,11,14H2,1-3H3,(H2,22,23,25). The van der Waals surface area contributed by atoms with Crippen molar-refractivity contribution in [3.05, 3.63) is 41.1 Å². The molecule has 0 aliphatic carbocycles. The third kappa shape index (κ3) is 5.74. The van der Waals surface area contributed by atoms with Crippen molar-refractivity contribution >= 4 is 12.0 Å². The number of hydrogen-bond donors (Lipinski definition) is 2. The minimum absolute atomic E-state index is 0.347. The first-order chi connectivity index (χ1) is 13.1. The van der Waals surface area contributed by atoms with E-state index in [1.165, 1.54) is 12.8 Å². The van der Waals surface area contributed by atoms with E-state index in [1.54, 1.807) is 6.92 Å². The Morgan fingerprint density at radius 3 is 2.59 bits per heavy atom. The van der Waals surface area contributed by atoms with E-state index in [1.807, 2.05) is 31.2 Å². The predicted molar refractivity (Wildman–Crippen MR) is 104 cm³/mol. The summed E-state index contributed by atoms with van der Waals surface area (Å²) in [6.45, 7) is 6.66. The van der Waals surface area contributed by atoms with Gasteiger partial charge in [0.1, 0.15) is 5.75 Å². The number of carbonyl (C=O) groups is 2. The fourth-order valence-electron chi connectivity index (χ4n) is 3.15. The zero-order valence-electron chi connectivity index (χ0n) is 16.5. The molecule has 6 heteroatoms. The lowest BCUT2D eigenvalue weighted by Gasteiger charge is -2.29. The Hall–Kier alpha value is -2.50. The van der Waals surface area contributed by atoms with Gasteiger partial charge in [-0.2, -0.15) is 0 Å². The van der Waals surface area contributed by atoms with Crippen molar-refractivity contribution in [2.45, 2.75) is 58.9 Å². The first kappa shape index (κ1) is 20.8. The molecular weight excluding hydrogens is 344 g/mol. The van der Waals surface area contributed by atoms with Crippen LogP contribution in [-0.4, -0.2) is 25.2 Å². The predicted octanol–water partition coefficient (Wildman–Crippen LogP) is 4.23. The topological polar surface area (TPSA) is 76.7 Å². The van der Waals surface area contributed by atoms with Gasteiger partial charge in [0.05, 0.1) is 24.8 Å². The van der Waals surface area contributed by atoms with Crippen LogP contribution in [0.1, 0.15) is 64.5 Å². The van der Waals surface area contributed by atoms with Crippen LogP contribution in [0.2, 0.25) is 0 Å². The summed E-state index contributed by atoms with van der Waals surface area (Å²) in [6, 6.07) is 6.46. The molecule has 148 valence electrons. The van der Waals surface area contributed by atoms with Crippen LogP contribution in [0.4, 0.5) is 4.79 Å². The quantitative estimate of drug-likeness (QED) is 0.475. The number of amides is 2. The van der Waals surface area contributed by atoms with Crippen LogP contribution in [0.25, 0.3) is 0 Å². The largest absolute Gasteiger partial charge is 0.494 e. The molecule has 0 radical (unpaired) electrons. The van der Waals surface area contributed by atoms with E-state index in [0.29, 0.717) is 30.2 Å². The van der Waals surface area contributed by atoms with Crippen molar-refractivity contribution < 1.29 is 19.1 Å². The molecule has 0 bridgehead atoms. The molecule has 27 heavy (non-hydrogen) atoms. The zero-order chi connectivity index (χ0) is 19.6. The van der Waals surface area contributed by atoms with Gasteiger partial charge in [-0.15, -0.1) is 0 Å². The number of urea groups is 1. The van der Waals surface area contributed by atoms with Crippen LogP contribution in [-0.2, 0) is 9.53 Å². The average Bonchev–Trinajstić information content (AvgIpc) is 2.64. The highest BCUT2D eigenvalue weighted by atomic mass is 16.5. The molecule has 0 saturated carbocycles. The molecule has 1 aliphatic heterocycles. The lowest BCUT2D eigenvalue weighted by molar-refractivity contribution is -0.139. The van der Waals surface area contributed by atoms with Gasteiger partial charge in [-0.25, -0.2) is 9.59 Å². The summed E-state index contributed by atoms with van der Waals surface area (Å²) in [5.74, 6) is 0.233. The molecule has 1 atom stereocenters. The van der Waals surface area contributed by atoms with Crippen molar-refractivity contribution in [3.63, 3.8) is 0 Å². The third-order valence-electron chi connectivity index (χ3n) is 4.50. The lowest BCUT2D eigenvalue weighted by Crippen LogP contribution is -2.45. The summed E-state index contributed by atoms with van der Waals surface area (Å²) in [4.78, 5) is 24.8. The Bertz CT molecular complexity index is 685. The second-order valence-corrected chi connectivity index (χ2v) is 6.59. The van der Waals surface area contributed by atoms with E-state index in [4.69, 9.17) is 9.47 Å². The number of rotatable bonds is 10. The van der Waals surface area contributed by atoms with Gasteiger partial charge in [-0.1, -0.05) is 50.8 Å². The van der Waals surface area contributed by atoms with Gasteiger partial charge in [0, 0.05) is 11.3 Å². The van der Waals surface area contributed by atoms with Crippen molar-refractivity contribution in [1.82, 2.24) is 10.6 Å². The second-order valence-electron chi connectivity index (χ2n) is 6.59. The fraction of sp³-hybridized carbons (Fsp3) is 0.524. The van der Waals surface area contributed by atoms with Crippen molar-refractivity contribution in [3.8, 4) is 5.75 Å². The minimum atomic E-state index is -0.603. The molecule has 0 spiro atoms. The molecule has 1 heterocycles. The number of ether oxygens (including phenoxy) is 2. The normalized spacial score (nSPS) is 16.6. The first-order valence-electron chi connectivity index (χ1n) is 9.75. The molecule has 1 unspecified atom stereocenters. The number of allylic oxidation sites excluding steroid dienone is 1. The molecule has 0 saturated heterocycles.